The van der Waals surface area contributed by atoms with E-state index in [1.54, 1.807) is 0 Å². The van der Waals surface area contributed by atoms with Gasteiger partial charge in [-0.2, -0.15) is 0 Å². The summed E-state index contributed by atoms with van der Waals surface area (Å²) in [6, 6.07) is 18.2. The molecule has 0 aromatic heterocycles. The van der Waals surface area contributed by atoms with Crippen LogP contribution >= 0.6 is 0 Å². The van der Waals surface area contributed by atoms with Crippen molar-refractivity contribution < 1.29 is 9.84 Å². The van der Waals surface area contributed by atoms with Crippen LogP contribution in [-0.4, -0.2) is 24.4 Å². The average molecular weight is 285 g/mol. The molecular formula is C18H23NO2. The van der Waals surface area contributed by atoms with Gasteiger partial charge in [-0.3, -0.25) is 0 Å². The molecule has 0 aliphatic heterocycles. The van der Waals surface area contributed by atoms with E-state index in [0.717, 1.165) is 11.3 Å². The van der Waals surface area contributed by atoms with Gasteiger partial charge in [-0.25, -0.2) is 0 Å². The number of hydrogen-bond donors (Lipinski definition) is 2. The Kier molecular flexibility index (Phi) is 5.78. The van der Waals surface area contributed by atoms with Crippen LogP contribution in [0.3, 0.4) is 0 Å². The van der Waals surface area contributed by atoms with Crippen molar-refractivity contribution in [2.24, 2.45) is 0 Å². The van der Waals surface area contributed by atoms with Gasteiger partial charge in [0.1, 0.15) is 18.5 Å². The largest absolute Gasteiger partial charge is 0.491 e. The van der Waals surface area contributed by atoms with Crippen molar-refractivity contribution in [1.29, 1.82) is 0 Å². The van der Waals surface area contributed by atoms with E-state index in [1.165, 1.54) is 5.56 Å². The molecule has 1 unspecified atom stereocenters. The summed E-state index contributed by atoms with van der Waals surface area (Å²) in [4.78, 5) is 0. The van der Waals surface area contributed by atoms with Crippen molar-refractivity contribution in [1.82, 2.24) is 5.32 Å². The molecule has 0 fully saturated rings. The molecule has 0 heterocycles. The van der Waals surface area contributed by atoms with Crippen LogP contribution < -0.4 is 10.1 Å². The van der Waals surface area contributed by atoms with Gasteiger partial charge in [-0.1, -0.05) is 42.5 Å². The molecule has 112 valence electrons. The van der Waals surface area contributed by atoms with Gasteiger partial charge in [-0.05, 0) is 37.1 Å². The third-order valence-corrected chi connectivity index (χ3v) is 3.39. The predicted octanol–water partition coefficient (Wildman–Crippen LogP) is 3.09. The molecule has 2 aromatic carbocycles. The highest BCUT2D eigenvalue weighted by Crippen LogP contribution is 2.13. The van der Waals surface area contributed by atoms with E-state index >= 15 is 0 Å². The maximum absolute atomic E-state index is 9.99. The molecule has 3 nitrogen and oxygen atoms in total. The van der Waals surface area contributed by atoms with Gasteiger partial charge in [0, 0.05) is 12.6 Å². The van der Waals surface area contributed by atoms with Gasteiger partial charge in [-0.15, -0.1) is 0 Å². The second kappa shape index (κ2) is 7.81. The highest BCUT2D eigenvalue weighted by Gasteiger charge is 2.09. The first-order valence-electron chi connectivity index (χ1n) is 7.31. The molecule has 2 atom stereocenters. The number of aliphatic hydroxyl groups is 1. The molecule has 0 saturated heterocycles. The Balaban J connectivity index is 1.73. The van der Waals surface area contributed by atoms with Crippen LogP contribution in [0.4, 0.5) is 0 Å². The lowest BCUT2D eigenvalue weighted by atomic mass is 10.1. The Morgan fingerprint density at radius 2 is 1.86 bits per heavy atom. The Morgan fingerprint density at radius 3 is 2.57 bits per heavy atom. The van der Waals surface area contributed by atoms with E-state index in [-0.39, 0.29) is 12.6 Å². The Morgan fingerprint density at radius 1 is 1.10 bits per heavy atom. The van der Waals surface area contributed by atoms with Crippen LogP contribution in [0, 0.1) is 6.92 Å². The molecule has 21 heavy (non-hydrogen) atoms. The van der Waals surface area contributed by atoms with E-state index in [2.05, 4.69) is 24.4 Å². The third-order valence-electron chi connectivity index (χ3n) is 3.39. The van der Waals surface area contributed by atoms with Crippen LogP contribution in [-0.2, 0) is 0 Å². The molecule has 0 bridgehead atoms. The normalized spacial score (nSPS) is 13.7. The van der Waals surface area contributed by atoms with Gasteiger partial charge < -0.3 is 15.2 Å². The number of aryl methyl sites for hydroxylation is 1. The molecule has 0 saturated carbocycles. The van der Waals surface area contributed by atoms with Crippen LogP contribution in [0.5, 0.6) is 5.75 Å². The van der Waals surface area contributed by atoms with Crippen molar-refractivity contribution in [3.8, 4) is 5.75 Å². The minimum absolute atomic E-state index is 0.208. The number of aliphatic hydroxyl groups excluding tert-OH is 1. The number of hydrogen-bond acceptors (Lipinski definition) is 3. The topological polar surface area (TPSA) is 41.5 Å². The molecule has 0 spiro atoms. The van der Waals surface area contributed by atoms with Crippen molar-refractivity contribution >= 4 is 0 Å². The SMILES string of the molecule is Cc1cccc(OCC(O)CN[C@H](C)c2ccccc2)c1. The molecule has 2 aromatic rings. The van der Waals surface area contributed by atoms with E-state index in [0.29, 0.717) is 6.54 Å². The van der Waals surface area contributed by atoms with Gasteiger partial charge in [0.2, 0.25) is 0 Å². The first kappa shape index (κ1) is 15.5. The zero-order valence-electron chi connectivity index (χ0n) is 12.6. The zero-order valence-corrected chi connectivity index (χ0v) is 12.6. The summed E-state index contributed by atoms with van der Waals surface area (Å²) in [6.07, 6.45) is -0.531. The Bertz CT molecular complexity index is 542. The maximum atomic E-state index is 9.99. The van der Waals surface area contributed by atoms with E-state index in [1.807, 2.05) is 49.4 Å². The van der Waals surface area contributed by atoms with Gasteiger partial charge in [0.15, 0.2) is 0 Å². The van der Waals surface area contributed by atoms with Crippen LogP contribution in [0.1, 0.15) is 24.1 Å². The smallest absolute Gasteiger partial charge is 0.119 e. The molecule has 0 radical (unpaired) electrons. The van der Waals surface area contributed by atoms with Crippen molar-refractivity contribution in [2.75, 3.05) is 13.2 Å². The second-order valence-corrected chi connectivity index (χ2v) is 5.32. The number of nitrogens with one attached hydrogen (secondary N) is 1. The minimum atomic E-state index is -0.531. The van der Waals surface area contributed by atoms with Crippen molar-refractivity contribution in [3.05, 3.63) is 65.7 Å². The maximum Gasteiger partial charge on any atom is 0.119 e. The quantitative estimate of drug-likeness (QED) is 0.821. The monoisotopic (exact) mass is 285 g/mol. The highest BCUT2D eigenvalue weighted by molar-refractivity contribution is 5.27. The first-order valence-corrected chi connectivity index (χ1v) is 7.31. The number of ether oxygens (including phenoxy) is 1. The van der Waals surface area contributed by atoms with Crippen molar-refractivity contribution in [3.63, 3.8) is 0 Å². The Labute approximate surface area is 126 Å². The lowest BCUT2D eigenvalue weighted by Gasteiger charge is -2.18. The summed E-state index contributed by atoms with van der Waals surface area (Å²) >= 11 is 0. The van der Waals surface area contributed by atoms with E-state index in [4.69, 9.17) is 4.74 Å². The highest BCUT2D eigenvalue weighted by atomic mass is 16.5. The third kappa shape index (κ3) is 5.21. The van der Waals surface area contributed by atoms with E-state index in [9.17, 15) is 5.11 Å². The first-order chi connectivity index (χ1) is 10.1. The standard InChI is InChI=1S/C18H23NO2/c1-14-7-6-10-18(11-14)21-13-17(20)12-19-15(2)16-8-4-3-5-9-16/h3-11,15,17,19-20H,12-13H2,1-2H3/t15-,17?/m1/s1. The summed E-state index contributed by atoms with van der Waals surface area (Å²) in [7, 11) is 0. The number of benzene rings is 2. The summed E-state index contributed by atoms with van der Waals surface area (Å²) in [5.74, 6) is 0.796. The van der Waals surface area contributed by atoms with Gasteiger partial charge in [0.25, 0.3) is 0 Å². The fraction of sp³-hybridized carbons (Fsp3) is 0.333. The van der Waals surface area contributed by atoms with E-state index < -0.39 is 6.10 Å². The molecule has 0 amide bonds. The summed E-state index contributed by atoms with van der Waals surface area (Å²) in [5, 5.41) is 13.3. The van der Waals surface area contributed by atoms with Crippen molar-refractivity contribution in [2.45, 2.75) is 26.0 Å². The average Bonchev–Trinajstić information content (AvgIpc) is 2.51. The molecular weight excluding hydrogens is 262 g/mol. The lowest BCUT2D eigenvalue weighted by molar-refractivity contribution is 0.104. The van der Waals surface area contributed by atoms with Gasteiger partial charge in [0.05, 0.1) is 0 Å². The summed E-state index contributed by atoms with van der Waals surface area (Å²) in [5.41, 5.74) is 2.36. The van der Waals surface area contributed by atoms with Crippen LogP contribution in [0.15, 0.2) is 54.6 Å². The molecule has 2 rings (SSSR count). The fourth-order valence-corrected chi connectivity index (χ4v) is 2.13. The molecule has 0 aliphatic rings. The predicted molar refractivity (Wildman–Crippen MR) is 85.5 cm³/mol. The van der Waals surface area contributed by atoms with Gasteiger partial charge >= 0.3 is 0 Å². The molecule has 0 aliphatic carbocycles. The lowest BCUT2D eigenvalue weighted by Crippen LogP contribution is -2.33. The molecule has 2 N–H and O–H groups in total. The van der Waals surface area contributed by atoms with Crippen LogP contribution in [0.2, 0.25) is 0 Å². The molecule has 3 heteroatoms. The van der Waals surface area contributed by atoms with Crippen LogP contribution in [0.25, 0.3) is 0 Å². The Hall–Kier alpha value is -1.84. The zero-order chi connectivity index (χ0) is 15.1. The minimum Gasteiger partial charge on any atom is -0.491 e. The summed E-state index contributed by atoms with van der Waals surface area (Å²) < 4.78 is 5.60. The fourth-order valence-electron chi connectivity index (χ4n) is 2.13. The summed E-state index contributed by atoms with van der Waals surface area (Å²) in [6.45, 7) is 4.90. The number of rotatable bonds is 7. The second-order valence-electron chi connectivity index (χ2n) is 5.32.